The largest absolute Gasteiger partial charge is 0.486 e. The fraction of sp³-hybridized carbons (Fsp3) is 0.182. The van der Waals surface area contributed by atoms with Crippen molar-refractivity contribution in [2.45, 2.75) is 17.2 Å². The number of halogens is 3. The third-order valence-corrected chi connectivity index (χ3v) is 6.38. The van der Waals surface area contributed by atoms with Crippen LogP contribution in [0.25, 0.3) is 0 Å². The molecule has 35 heavy (non-hydrogen) atoms. The Hall–Kier alpha value is -4.00. The molecule has 3 aromatic rings. The van der Waals surface area contributed by atoms with Gasteiger partial charge < -0.3 is 14.8 Å². The number of benzene rings is 3. The topological polar surface area (TPSA) is 120 Å². The number of hydrogen-bond acceptors (Lipinski definition) is 7. The smallest absolute Gasteiger partial charge is 0.416 e. The molecule has 0 spiro atoms. The molecule has 184 valence electrons. The second-order valence-corrected chi connectivity index (χ2v) is 9.18. The minimum absolute atomic E-state index is 0.0375. The second kappa shape index (κ2) is 9.33. The first kappa shape index (κ1) is 24.1. The molecule has 13 heteroatoms. The number of hydrogen-bond donors (Lipinski definition) is 2. The molecular weight excluding hydrogens is 491 g/mol. The van der Waals surface area contributed by atoms with Gasteiger partial charge in [0.1, 0.15) is 18.4 Å². The SMILES string of the molecule is O=[N+]([O-])c1cc(S(=O)(=O)Nc2cccc(C(F)(F)F)c2)ccc1NC[C@@H]1COc2ccccc2O1. The molecule has 4 rings (SSSR count). The molecule has 3 aromatic carbocycles. The molecule has 0 amide bonds. The molecule has 0 saturated heterocycles. The lowest BCUT2D eigenvalue weighted by molar-refractivity contribution is -0.384. The van der Waals surface area contributed by atoms with Crippen molar-refractivity contribution < 1.29 is 36.0 Å². The quantitative estimate of drug-likeness (QED) is 0.351. The van der Waals surface area contributed by atoms with Crippen LogP contribution >= 0.6 is 0 Å². The summed E-state index contributed by atoms with van der Waals surface area (Å²) in [4.78, 5) is 10.3. The van der Waals surface area contributed by atoms with E-state index < -0.39 is 43.4 Å². The third kappa shape index (κ3) is 5.57. The Morgan fingerprint density at radius 3 is 2.49 bits per heavy atom. The van der Waals surface area contributed by atoms with Crippen LogP contribution in [0.1, 0.15) is 5.56 Å². The lowest BCUT2D eigenvalue weighted by Crippen LogP contribution is -2.35. The van der Waals surface area contributed by atoms with Gasteiger partial charge in [-0.1, -0.05) is 18.2 Å². The Labute approximate surface area is 197 Å². The van der Waals surface area contributed by atoms with Gasteiger partial charge in [-0.05, 0) is 42.5 Å². The van der Waals surface area contributed by atoms with Gasteiger partial charge in [0.05, 0.1) is 21.9 Å². The van der Waals surface area contributed by atoms with Gasteiger partial charge >= 0.3 is 6.18 Å². The molecule has 0 unspecified atom stereocenters. The van der Waals surface area contributed by atoms with Gasteiger partial charge in [-0.2, -0.15) is 13.2 Å². The van der Waals surface area contributed by atoms with Gasteiger partial charge in [-0.3, -0.25) is 14.8 Å². The molecule has 0 fully saturated rings. The number of alkyl halides is 3. The Morgan fingerprint density at radius 2 is 1.77 bits per heavy atom. The van der Waals surface area contributed by atoms with E-state index in [2.05, 4.69) is 5.32 Å². The van der Waals surface area contributed by atoms with Gasteiger partial charge in [-0.25, -0.2) is 8.42 Å². The maximum absolute atomic E-state index is 12.9. The summed E-state index contributed by atoms with van der Waals surface area (Å²) in [7, 11) is -4.41. The maximum atomic E-state index is 12.9. The first-order valence-electron chi connectivity index (χ1n) is 10.1. The Bertz CT molecular complexity index is 1360. The van der Waals surface area contributed by atoms with E-state index in [4.69, 9.17) is 9.47 Å². The molecule has 0 saturated carbocycles. The lowest BCUT2D eigenvalue weighted by atomic mass is 10.2. The number of para-hydroxylation sites is 2. The summed E-state index contributed by atoms with van der Waals surface area (Å²) in [5.74, 6) is 1.11. The number of sulfonamides is 1. The summed E-state index contributed by atoms with van der Waals surface area (Å²) in [5, 5.41) is 14.5. The summed E-state index contributed by atoms with van der Waals surface area (Å²) in [6, 6.07) is 13.8. The Morgan fingerprint density at radius 1 is 1.03 bits per heavy atom. The van der Waals surface area contributed by atoms with E-state index in [0.29, 0.717) is 17.6 Å². The van der Waals surface area contributed by atoms with Crippen molar-refractivity contribution in [1.29, 1.82) is 0 Å². The number of nitrogens with one attached hydrogen (secondary N) is 2. The van der Waals surface area contributed by atoms with Crippen molar-refractivity contribution in [3.05, 3.63) is 82.4 Å². The van der Waals surface area contributed by atoms with E-state index in [-0.39, 0.29) is 24.5 Å². The molecule has 1 aliphatic heterocycles. The molecule has 9 nitrogen and oxygen atoms in total. The van der Waals surface area contributed by atoms with Crippen molar-refractivity contribution in [3.63, 3.8) is 0 Å². The highest BCUT2D eigenvalue weighted by atomic mass is 32.2. The zero-order valence-electron chi connectivity index (χ0n) is 17.8. The molecule has 0 aromatic heterocycles. The van der Waals surface area contributed by atoms with Gasteiger partial charge in [0.2, 0.25) is 0 Å². The number of nitrogens with zero attached hydrogens (tertiary/aromatic N) is 1. The molecule has 1 aliphatic rings. The van der Waals surface area contributed by atoms with Crippen LogP contribution in [-0.2, 0) is 16.2 Å². The number of nitro groups is 1. The van der Waals surface area contributed by atoms with Crippen LogP contribution in [-0.4, -0.2) is 32.6 Å². The molecule has 2 N–H and O–H groups in total. The van der Waals surface area contributed by atoms with Crippen molar-refractivity contribution in [2.75, 3.05) is 23.2 Å². The summed E-state index contributed by atoms with van der Waals surface area (Å²) in [6.07, 6.45) is -5.13. The predicted molar refractivity (Wildman–Crippen MR) is 120 cm³/mol. The van der Waals surface area contributed by atoms with Gasteiger partial charge in [0.15, 0.2) is 11.5 Å². The zero-order chi connectivity index (χ0) is 25.2. The minimum atomic E-state index is -4.66. The van der Waals surface area contributed by atoms with Crippen LogP contribution in [0, 0.1) is 10.1 Å². The summed E-state index contributed by atoms with van der Waals surface area (Å²) in [5.41, 5.74) is -1.87. The highest BCUT2D eigenvalue weighted by Crippen LogP contribution is 2.33. The first-order chi connectivity index (χ1) is 16.5. The van der Waals surface area contributed by atoms with E-state index in [1.54, 1.807) is 24.3 Å². The number of rotatable bonds is 7. The van der Waals surface area contributed by atoms with E-state index in [0.717, 1.165) is 30.3 Å². The fourth-order valence-corrected chi connectivity index (χ4v) is 4.41. The highest BCUT2D eigenvalue weighted by Gasteiger charge is 2.31. The van der Waals surface area contributed by atoms with E-state index >= 15 is 0 Å². The van der Waals surface area contributed by atoms with Gasteiger partial charge in [0, 0.05) is 11.8 Å². The number of fused-ring (bicyclic) bond motifs is 1. The van der Waals surface area contributed by atoms with E-state index in [1.807, 2.05) is 4.72 Å². The normalized spacial score (nSPS) is 15.3. The van der Waals surface area contributed by atoms with Crippen molar-refractivity contribution in [1.82, 2.24) is 0 Å². The van der Waals surface area contributed by atoms with Gasteiger partial charge in [0.25, 0.3) is 15.7 Å². The van der Waals surface area contributed by atoms with Crippen LogP contribution in [0.15, 0.2) is 71.6 Å². The zero-order valence-corrected chi connectivity index (χ0v) is 18.6. The summed E-state index contributed by atoms with van der Waals surface area (Å²) < 4.78 is 77.5. The molecule has 1 atom stereocenters. The Balaban J connectivity index is 1.50. The van der Waals surface area contributed by atoms with Crippen LogP contribution < -0.4 is 19.5 Å². The third-order valence-electron chi connectivity index (χ3n) is 5.01. The number of nitro benzene ring substituents is 1. The second-order valence-electron chi connectivity index (χ2n) is 7.50. The maximum Gasteiger partial charge on any atom is 0.416 e. The standard InChI is InChI=1S/C22H18F3N3O6S/c23-22(24,25)14-4-3-5-15(10-14)27-35(31,32)17-8-9-18(19(11-17)28(29)30)26-12-16-13-33-20-6-1-2-7-21(20)34-16/h1-11,16,26-27H,12-13H2/t16-/m1/s1. The molecule has 0 radical (unpaired) electrons. The molecule has 0 bridgehead atoms. The average molecular weight is 509 g/mol. The van der Waals surface area contributed by atoms with Crippen LogP contribution in [0.5, 0.6) is 11.5 Å². The molecular formula is C22H18F3N3O6S. The molecule has 1 heterocycles. The summed E-state index contributed by atoms with van der Waals surface area (Å²) >= 11 is 0. The van der Waals surface area contributed by atoms with Crippen molar-refractivity contribution in [2.24, 2.45) is 0 Å². The van der Waals surface area contributed by atoms with Crippen molar-refractivity contribution >= 4 is 27.1 Å². The van der Waals surface area contributed by atoms with Crippen LogP contribution in [0.2, 0.25) is 0 Å². The van der Waals surface area contributed by atoms with E-state index in [1.165, 1.54) is 6.07 Å². The summed E-state index contributed by atoms with van der Waals surface area (Å²) in [6.45, 7) is 0.328. The van der Waals surface area contributed by atoms with Gasteiger partial charge in [-0.15, -0.1) is 0 Å². The lowest BCUT2D eigenvalue weighted by Gasteiger charge is -2.26. The highest BCUT2D eigenvalue weighted by molar-refractivity contribution is 7.92. The van der Waals surface area contributed by atoms with E-state index in [9.17, 15) is 31.7 Å². The fourth-order valence-electron chi connectivity index (χ4n) is 3.34. The van der Waals surface area contributed by atoms with Crippen LogP contribution in [0.3, 0.4) is 0 Å². The predicted octanol–water partition coefficient (Wildman–Crippen LogP) is 4.67. The molecule has 0 aliphatic carbocycles. The minimum Gasteiger partial charge on any atom is -0.486 e. The monoisotopic (exact) mass is 509 g/mol. The average Bonchev–Trinajstić information content (AvgIpc) is 2.81. The first-order valence-corrected chi connectivity index (χ1v) is 11.6. The Kier molecular flexibility index (Phi) is 6.43. The number of anilines is 2. The van der Waals surface area contributed by atoms with Crippen molar-refractivity contribution in [3.8, 4) is 11.5 Å². The van der Waals surface area contributed by atoms with Crippen LogP contribution in [0.4, 0.5) is 30.2 Å². The number of ether oxygens (including phenoxy) is 2.